The first kappa shape index (κ1) is 17.3. The summed E-state index contributed by atoms with van der Waals surface area (Å²) in [7, 11) is 1.62. The summed E-state index contributed by atoms with van der Waals surface area (Å²) in [4.78, 5) is 12.6. The maximum atomic E-state index is 12.6. The number of benzene rings is 1. The summed E-state index contributed by atoms with van der Waals surface area (Å²) in [5.41, 5.74) is 2.98. The third-order valence-corrected chi connectivity index (χ3v) is 5.11. The van der Waals surface area contributed by atoms with E-state index >= 15 is 0 Å². The van der Waals surface area contributed by atoms with Crippen molar-refractivity contribution in [2.45, 2.75) is 43.9 Å². The van der Waals surface area contributed by atoms with Crippen LogP contribution in [0.4, 0.5) is 5.69 Å². The Balaban J connectivity index is 2.18. The number of para-hydroxylation sites is 1. The minimum Gasteiger partial charge on any atom is -0.538 e. The number of rotatable bonds is 6. The topological polar surface area (TPSA) is 82.1 Å². The molecular weight excluding hydrogens is 314 g/mol. The second-order valence-corrected chi connectivity index (χ2v) is 6.45. The molecule has 7 heteroatoms. The van der Waals surface area contributed by atoms with Crippen LogP contribution in [0.3, 0.4) is 0 Å². The van der Waals surface area contributed by atoms with Crippen molar-refractivity contribution in [1.29, 1.82) is 0 Å². The van der Waals surface area contributed by atoms with Crippen molar-refractivity contribution < 1.29 is 19.1 Å². The van der Waals surface area contributed by atoms with Crippen LogP contribution in [0.25, 0.3) is 0 Å². The number of nitrogens with one attached hydrogen (secondary N) is 1. The molecule has 1 amide bonds. The quantitative estimate of drug-likeness (QED) is 0.644. The highest BCUT2D eigenvalue weighted by Crippen LogP contribution is 2.29. The third-order valence-electron chi connectivity index (χ3n) is 3.62. The molecule has 124 valence electrons. The number of carbonyl (C=O) groups excluding carboxylic acids is 1. The Bertz CT molecular complexity index is 680. The van der Waals surface area contributed by atoms with E-state index in [1.165, 1.54) is 16.4 Å². The van der Waals surface area contributed by atoms with Crippen LogP contribution >= 0.6 is 11.8 Å². The lowest BCUT2D eigenvalue weighted by molar-refractivity contribution is -0.772. The fraction of sp³-hybridized carbons (Fsp3) is 0.438. The molecule has 0 radical (unpaired) electrons. The molecule has 1 aromatic carbocycles. The molecule has 2 rings (SSSR count). The average molecular weight is 335 g/mol. The summed E-state index contributed by atoms with van der Waals surface area (Å²) in [6, 6.07) is 5.96. The summed E-state index contributed by atoms with van der Waals surface area (Å²) in [5, 5.41) is 18.1. The smallest absolute Gasteiger partial charge is 0.291 e. The monoisotopic (exact) mass is 335 g/mol. The number of thioether (sulfide) groups is 1. The van der Waals surface area contributed by atoms with Crippen LogP contribution < -0.4 is 15.1 Å². The van der Waals surface area contributed by atoms with Crippen LogP contribution in [0.15, 0.2) is 27.7 Å². The molecule has 1 unspecified atom stereocenters. The highest BCUT2D eigenvalue weighted by atomic mass is 32.2. The average Bonchev–Trinajstić information content (AvgIpc) is 2.85. The summed E-state index contributed by atoms with van der Waals surface area (Å²) in [6.45, 7) is 5.93. The van der Waals surface area contributed by atoms with Crippen LogP contribution in [0.1, 0.15) is 31.4 Å². The number of aromatic nitrogens is 2. The van der Waals surface area contributed by atoms with E-state index in [2.05, 4.69) is 22.0 Å². The first-order valence-electron chi connectivity index (χ1n) is 7.56. The number of anilines is 1. The maximum absolute atomic E-state index is 12.6. The molecule has 2 aromatic rings. The lowest BCUT2D eigenvalue weighted by Crippen LogP contribution is -2.34. The van der Waals surface area contributed by atoms with E-state index in [0.29, 0.717) is 11.4 Å². The van der Waals surface area contributed by atoms with Crippen LogP contribution in [0.5, 0.6) is 5.95 Å². The standard InChI is InChI=1S/C16H21N3O3S/c1-5-11-9-7-8-10(3)13(11)17-14(20)12(6-2)23-15-16(21)22-18-19(15)4/h7-9,12H,5-6H2,1-4H3,(H-,17,18,20,21). The first-order valence-corrected chi connectivity index (χ1v) is 8.44. The molecule has 6 nitrogen and oxygen atoms in total. The molecule has 1 heterocycles. The van der Waals surface area contributed by atoms with Gasteiger partial charge in [-0.1, -0.05) is 36.7 Å². The molecule has 0 aliphatic carbocycles. The molecule has 1 N–H and O–H groups in total. The normalized spacial score (nSPS) is 12.2. The van der Waals surface area contributed by atoms with Crippen molar-refractivity contribution in [3.63, 3.8) is 0 Å². The molecule has 0 spiro atoms. The Labute approximate surface area is 139 Å². The number of aryl methyl sites for hydroxylation is 3. The fourth-order valence-electron chi connectivity index (χ4n) is 2.29. The molecule has 0 bridgehead atoms. The van der Waals surface area contributed by atoms with Gasteiger partial charge in [0.05, 0.1) is 10.5 Å². The van der Waals surface area contributed by atoms with Gasteiger partial charge in [0.25, 0.3) is 5.03 Å². The van der Waals surface area contributed by atoms with E-state index in [0.717, 1.165) is 23.2 Å². The zero-order chi connectivity index (χ0) is 17.0. The van der Waals surface area contributed by atoms with Crippen molar-refractivity contribution in [2.24, 2.45) is 7.05 Å². The van der Waals surface area contributed by atoms with Gasteiger partial charge in [-0.25, -0.2) is 0 Å². The zero-order valence-corrected chi connectivity index (χ0v) is 14.6. The van der Waals surface area contributed by atoms with Crippen molar-refractivity contribution in [3.05, 3.63) is 29.3 Å². The van der Waals surface area contributed by atoms with Gasteiger partial charge in [0.15, 0.2) is 13.0 Å². The molecule has 0 aliphatic heterocycles. The van der Waals surface area contributed by atoms with Crippen molar-refractivity contribution in [1.82, 2.24) is 5.27 Å². The lowest BCUT2D eigenvalue weighted by Gasteiger charge is -2.17. The van der Waals surface area contributed by atoms with Crippen LogP contribution in [-0.2, 0) is 18.3 Å². The van der Waals surface area contributed by atoms with Crippen LogP contribution in [-0.4, -0.2) is 16.4 Å². The third kappa shape index (κ3) is 3.85. The van der Waals surface area contributed by atoms with Gasteiger partial charge in [-0.2, -0.15) is 0 Å². The van der Waals surface area contributed by atoms with Crippen molar-refractivity contribution in [2.75, 3.05) is 5.32 Å². The van der Waals surface area contributed by atoms with Gasteiger partial charge in [0.1, 0.15) is 0 Å². The van der Waals surface area contributed by atoms with E-state index in [1.807, 2.05) is 32.0 Å². The largest absolute Gasteiger partial charge is 0.538 e. The number of amides is 1. The lowest BCUT2D eigenvalue weighted by atomic mass is 10.1. The fourth-order valence-corrected chi connectivity index (χ4v) is 3.22. The zero-order valence-electron chi connectivity index (χ0n) is 13.8. The molecule has 0 saturated heterocycles. The van der Waals surface area contributed by atoms with Gasteiger partial charge in [-0.3, -0.25) is 4.79 Å². The minimum absolute atomic E-state index is 0.123. The minimum atomic E-state index is -0.520. The summed E-state index contributed by atoms with van der Waals surface area (Å²) in [6.07, 6.45) is 1.43. The second kappa shape index (κ2) is 7.50. The Morgan fingerprint density at radius 1 is 1.48 bits per heavy atom. The Morgan fingerprint density at radius 2 is 2.22 bits per heavy atom. The predicted octanol–water partition coefficient (Wildman–Crippen LogP) is 1.95. The van der Waals surface area contributed by atoms with Gasteiger partial charge in [0.2, 0.25) is 5.91 Å². The van der Waals surface area contributed by atoms with Gasteiger partial charge in [0, 0.05) is 5.69 Å². The summed E-state index contributed by atoms with van der Waals surface area (Å²) in [5.74, 6) is -0.643. The van der Waals surface area contributed by atoms with Gasteiger partial charge in [-0.05, 0) is 42.7 Å². The predicted molar refractivity (Wildman–Crippen MR) is 86.2 cm³/mol. The van der Waals surface area contributed by atoms with E-state index in [9.17, 15) is 9.90 Å². The number of nitrogens with zero attached hydrogens (tertiary/aromatic N) is 2. The summed E-state index contributed by atoms with van der Waals surface area (Å²) >= 11 is 1.18. The number of hydrogen-bond acceptors (Lipinski definition) is 5. The van der Waals surface area contributed by atoms with Crippen LogP contribution in [0.2, 0.25) is 0 Å². The molecular formula is C16H21N3O3S. The van der Waals surface area contributed by atoms with E-state index in [4.69, 9.17) is 0 Å². The highest BCUT2D eigenvalue weighted by Gasteiger charge is 2.26. The van der Waals surface area contributed by atoms with Crippen molar-refractivity contribution in [3.8, 4) is 5.95 Å². The first-order chi connectivity index (χ1) is 11.0. The van der Waals surface area contributed by atoms with E-state index < -0.39 is 11.2 Å². The van der Waals surface area contributed by atoms with E-state index in [1.54, 1.807) is 7.05 Å². The molecule has 0 fully saturated rings. The van der Waals surface area contributed by atoms with Crippen molar-refractivity contribution >= 4 is 23.4 Å². The molecule has 1 aromatic heterocycles. The second-order valence-electron chi connectivity index (χ2n) is 5.26. The molecule has 23 heavy (non-hydrogen) atoms. The number of hydrogen-bond donors (Lipinski definition) is 1. The van der Waals surface area contributed by atoms with E-state index in [-0.39, 0.29) is 5.91 Å². The Hall–Kier alpha value is -2.02. The molecule has 1 atom stereocenters. The number of carbonyl (C=O) groups is 1. The highest BCUT2D eigenvalue weighted by molar-refractivity contribution is 8.00. The van der Waals surface area contributed by atoms with Gasteiger partial charge < -0.3 is 14.9 Å². The Morgan fingerprint density at radius 3 is 2.78 bits per heavy atom. The molecule has 0 saturated carbocycles. The summed E-state index contributed by atoms with van der Waals surface area (Å²) < 4.78 is 5.95. The maximum Gasteiger partial charge on any atom is 0.291 e. The SMILES string of the molecule is CCc1cccc(C)c1NC(=O)C(CC)Sc1c([O-])on[n+]1C. The van der Waals surface area contributed by atoms with Gasteiger partial charge >= 0.3 is 0 Å². The van der Waals surface area contributed by atoms with Gasteiger partial charge in [-0.15, -0.1) is 0 Å². The Kier molecular flexibility index (Phi) is 5.65. The van der Waals surface area contributed by atoms with Crippen LogP contribution in [0, 0.1) is 6.92 Å². The molecule has 0 aliphatic rings.